The van der Waals surface area contributed by atoms with Crippen LogP contribution >= 0.6 is 11.3 Å². The maximum atomic E-state index is 9.68. The number of aliphatic hydroxyl groups excluding tert-OH is 1. The summed E-state index contributed by atoms with van der Waals surface area (Å²) in [6, 6.07) is 2.75. The average Bonchev–Trinajstić information content (AvgIpc) is 2.92. The van der Waals surface area contributed by atoms with Crippen LogP contribution in [0.4, 0.5) is 0 Å². The highest BCUT2D eigenvalue weighted by molar-refractivity contribution is 7.07. The van der Waals surface area contributed by atoms with Gasteiger partial charge in [-0.1, -0.05) is 6.92 Å². The minimum atomic E-state index is -0.161. The summed E-state index contributed by atoms with van der Waals surface area (Å²) in [5, 5.41) is 14.1. The molecule has 0 radical (unpaired) electrons. The molecule has 4 heteroatoms. The molecule has 2 rings (SSSR count). The maximum absolute atomic E-state index is 9.68. The van der Waals surface area contributed by atoms with Crippen molar-refractivity contribution in [3.05, 3.63) is 22.4 Å². The largest absolute Gasteiger partial charge is 0.392 e. The number of nitrogens with zero attached hydrogens (tertiary/aromatic N) is 2. The van der Waals surface area contributed by atoms with E-state index in [1.807, 2.05) is 6.92 Å². The maximum Gasteiger partial charge on any atom is 0.0664 e. The lowest BCUT2D eigenvalue weighted by molar-refractivity contribution is 0.0580. The highest BCUT2D eigenvalue weighted by atomic mass is 32.1. The highest BCUT2D eigenvalue weighted by Crippen LogP contribution is 2.23. The monoisotopic (exact) mass is 268 g/mol. The molecule has 1 aliphatic rings. The second kappa shape index (κ2) is 6.66. The Morgan fingerprint density at radius 1 is 1.33 bits per heavy atom. The third-order valence-corrected chi connectivity index (χ3v) is 4.62. The van der Waals surface area contributed by atoms with Crippen molar-refractivity contribution in [1.82, 2.24) is 9.80 Å². The fourth-order valence-corrected chi connectivity index (χ4v) is 3.23. The van der Waals surface area contributed by atoms with Crippen LogP contribution in [0.3, 0.4) is 0 Å². The smallest absolute Gasteiger partial charge is 0.0664 e. The Kier molecular flexibility index (Phi) is 5.18. The number of hydrogen-bond acceptors (Lipinski definition) is 4. The lowest BCUT2D eigenvalue weighted by Gasteiger charge is -2.38. The quantitative estimate of drug-likeness (QED) is 0.887. The van der Waals surface area contributed by atoms with Gasteiger partial charge in [-0.15, -0.1) is 0 Å². The highest BCUT2D eigenvalue weighted by Gasteiger charge is 2.22. The Bertz CT molecular complexity index is 334. The van der Waals surface area contributed by atoms with E-state index in [2.05, 4.69) is 33.6 Å². The van der Waals surface area contributed by atoms with Crippen LogP contribution in [-0.4, -0.2) is 53.7 Å². The van der Waals surface area contributed by atoms with Gasteiger partial charge in [0, 0.05) is 38.8 Å². The van der Waals surface area contributed by atoms with E-state index >= 15 is 0 Å². The number of thiophene rings is 1. The zero-order valence-corrected chi connectivity index (χ0v) is 12.2. The van der Waals surface area contributed by atoms with E-state index in [4.69, 9.17) is 0 Å². The fraction of sp³-hybridized carbons (Fsp3) is 0.714. The van der Waals surface area contributed by atoms with Gasteiger partial charge in [0.15, 0.2) is 0 Å². The summed E-state index contributed by atoms with van der Waals surface area (Å²) >= 11 is 1.77. The Morgan fingerprint density at radius 3 is 2.61 bits per heavy atom. The SMILES string of the molecule is CCC(O)CN1CCN(C(C)c2ccsc2)CC1. The number of hydrogen-bond donors (Lipinski definition) is 1. The number of rotatable bonds is 5. The van der Waals surface area contributed by atoms with Crippen molar-refractivity contribution < 1.29 is 5.11 Å². The Balaban J connectivity index is 1.79. The molecule has 0 aliphatic carbocycles. The normalized spacial score (nSPS) is 21.9. The van der Waals surface area contributed by atoms with Crippen molar-refractivity contribution in [2.24, 2.45) is 0 Å². The van der Waals surface area contributed by atoms with E-state index in [-0.39, 0.29) is 6.10 Å². The third kappa shape index (κ3) is 3.54. The average molecular weight is 268 g/mol. The molecular weight excluding hydrogens is 244 g/mol. The molecule has 0 bridgehead atoms. The Morgan fingerprint density at radius 2 is 2.06 bits per heavy atom. The molecule has 1 aromatic heterocycles. The van der Waals surface area contributed by atoms with Gasteiger partial charge in [-0.2, -0.15) is 11.3 Å². The van der Waals surface area contributed by atoms with Crippen molar-refractivity contribution in [3.8, 4) is 0 Å². The molecule has 1 N–H and O–H groups in total. The van der Waals surface area contributed by atoms with E-state index in [0.717, 1.165) is 39.1 Å². The van der Waals surface area contributed by atoms with Crippen molar-refractivity contribution >= 4 is 11.3 Å². The molecule has 0 spiro atoms. The lowest BCUT2D eigenvalue weighted by Crippen LogP contribution is -2.49. The summed E-state index contributed by atoms with van der Waals surface area (Å²) in [4.78, 5) is 4.92. The van der Waals surface area contributed by atoms with Gasteiger partial charge in [-0.05, 0) is 35.7 Å². The topological polar surface area (TPSA) is 26.7 Å². The zero-order valence-electron chi connectivity index (χ0n) is 11.4. The molecule has 3 nitrogen and oxygen atoms in total. The predicted molar refractivity (Wildman–Crippen MR) is 77.0 cm³/mol. The molecule has 1 aromatic rings. The zero-order chi connectivity index (χ0) is 13.0. The minimum Gasteiger partial charge on any atom is -0.392 e. The summed E-state index contributed by atoms with van der Waals surface area (Å²) in [5.74, 6) is 0. The second-order valence-corrected chi connectivity index (χ2v) is 5.91. The van der Waals surface area contributed by atoms with Gasteiger partial charge in [0.25, 0.3) is 0 Å². The van der Waals surface area contributed by atoms with Gasteiger partial charge in [0.2, 0.25) is 0 Å². The van der Waals surface area contributed by atoms with Crippen molar-refractivity contribution in [2.75, 3.05) is 32.7 Å². The number of β-amino-alcohol motifs (C(OH)–C–C–N with tert-alkyl or cyclic N) is 1. The van der Waals surface area contributed by atoms with E-state index in [0.29, 0.717) is 6.04 Å². The van der Waals surface area contributed by atoms with Gasteiger partial charge in [-0.25, -0.2) is 0 Å². The predicted octanol–water partition coefficient (Wildman–Crippen LogP) is 2.20. The first-order chi connectivity index (χ1) is 8.70. The minimum absolute atomic E-state index is 0.161. The molecule has 1 aliphatic heterocycles. The number of aliphatic hydroxyl groups is 1. The summed E-state index contributed by atoms with van der Waals surface area (Å²) in [6.45, 7) is 9.52. The van der Waals surface area contributed by atoms with Gasteiger partial charge >= 0.3 is 0 Å². The second-order valence-electron chi connectivity index (χ2n) is 5.13. The van der Waals surface area contributed by atoms with Gasteiger partial charge < -0.3 is 5.11 Å². The van der Waals surface area contributed by atoms with E-state index < -0.39 is 0 Å². The van der Waals surface area contributed by atoms with E-state index in [1.165, 1.54) is 5.56 Å². The summed E-state index contributed by atoms with van der Waals surface area (Å²) in [6.07, 6.45) is 0.691. The van der Waals surface area contributed by atoms with E-state index in [9.17, 15) is 5.11 Å². The molecule has 1 fully saturated rings. The van der Waals surface area contributed by atoms with Gasteiger partial charge in [-0.3, -0.25) is 9.80 Å². The first-order valence-electron chi connectivity index (χ1n) is 6.87. The molecule has 0 saturated carbocycles. The van der Waals surface area contributed by atoms with Crippen molar-refractivity contribution in [1.29, 1.82) is 0 Å². The van der Waals surface area contributed by atoms with Crippen LogP contribution in [0.15, 0.2) is 16.8 Å². The van der Waals surface area contributed by atoms with Gasteiger partial charge in [0.05, 0.1) is 6.10 Å². The molecule has 102 valence electrons. The summed E-state index contributed by atoms with van der Waals surface area (Å²) < 4.78 is 0. The van der Waals surface area contributed by atoms with Gasteiger partial charge in [0.1, 0.15) is 0 Å². The number of piperazine rings is 1. The molecular formula is C14H24N2OS. The van der Waals surface area contributed by atoms with Crippen LogP contribution in [0.1, 0.15) is 31.9 Å². The van der Waals surface area contributed by atoms with Crippen LogP contribution in [0, 0.1) is 0 Å². The third-order valence-electron chi connectivity index (χ3n) is 3.92. The molecule has 0 aromatic carbocycles. The molecule has 18 heavy (non-hydrogen) atoms. The molecule has 1 saturated heterocycles. The standard InChI is InChI=1S/C14H24N2OS/c1-3-14(17)10-15-5-7-16(8-6-15)12(2)13-4-9-18-11-13/h4,9,11-12,14,17H,3,5-8,10H2,1-2H3. The summed E-state index contributed by atoms with van der Waals surface area (Å²) in [7, 11) is 0. The fourth-order valence-electron chi connectivity index (χ4n) is 2.48. The molecule has 2 heterocycles. The first-order valence-corrected chi connectivity index (χ1v) is 7.81. The Labute approximate surface area is 114 Å². The van der Waals surface area contributed by atoms with Crippen molar-refractivity contribution in [2.45, 2.75) is 32.4 Å². The van der Waals surface area contributed by atoms with Crippen LogP contribution in [0.5, 0.6) is 0 Å². The van der Waals surface area contributed by atoms with Crippen LogP contribution in [0.25, 0.3) is 0 Å². The van der Waals surface area contributed by atoms with Crippen LogP contribution in [0.2, 0.25) is 0 Å². The molecule has 2 atom stereocenters. The molecule has 2 unspecified atom stereocenters. The van der Waals surface area contributed by atoms with Crippen molar-refractivity contribution in [3.63, 3.8) is 0 Å². The van der Waals surface area contributed by atoms with E-state index in [1.54, 1.807) is 11.3 Å². The summed E-state index contributed by atoms with van der Waals surface area (Å²) in [5.41, 5.74) is 1.43. The lowest BCUT2D eigenvalue weighted by atomic mass is 10.1. The van der Waals surface area contributed by atoms with Crippen LogP contribution < -0.4 is 0 Å². The van der Waals surface area contributed by atoms with Crippen LogP contribution in [-0.2, 0) is 0 Å². The molecule has 0 amide bonds. The Hall–Kier alpha value is -0.420. The first kappa shape index (κ1) is 14.0.